The van der Waals surface area contributed by atoms with Crippen LogP contribution < -0.4 is 5.32 Å². The van der Waals surface area contributed by atoms with Crippen molar-refractivity contribution in [3.05, 3.63) is 82.7 Å². The zero-order valence-corrected chi connectivity index (χ0v) is 15.7. The Bertz CT molecular complexity index is 996. The Morgan fingerprint density at radius 1 is 0.964 bits per heavy atom. The van der Waals surface area contributed by atoms with Gasteiger partial charge in [0.25, 0.3) is 0 Å². The van der Waals surface area contributed by atoms with E-state index in [2.05, 4.69) is 10.3 Å². The third-order valence-corrected chi connectivity index (χ3v) is 4.55. The molecule has 2 aromatic carbocycles. The molecule has 0 radical (unpaired) electrons. The molecule has 1 heterocycles. The number of hydrogen-bond donors (Lipinski definition) is 1. The Morgan fingerprint density at radius 2 is 1.68 bits per heavy atom. The number of pyridine rings is 1. The highest BCUT2D eigenvalue weighted by Crippen LogP contribution is 2.37. The Hall–Kier alpha value is -2.89. The first-order chi connectivity index (χ1) is 13.1. The summed E-state index contributed by atoms with van der Waals surface area (Å²) in [6.45, 7) is 5.53. The highest BCUT2D eigenvalue weighted by molar-refractivity contribution is 5.67. The smallest absolute Gasteiger partial charge is 0.364 e. The van der Waals surface area contributed by atoms with Crippen LogP contribution in [0, 0.1) is 19.7 Å². The molecule has 3 rings (SSSR count). The van der Waals surface area contributed by atoms with E-state index in [9.17, 15) is 17.6 Å². The molecule has 0 aliphatic rings. The summed E-state index contributed by atoms with van der Waals surface area (Å²) < 4.78 is 53.7. The maximum atomic E-state index is 13.6. The maximum Gasteiger partial charge on any atom is 0.417 e. The van der Waals surface area contributed by atoms with Gasteiger partial charge in [0.2, 0.25) is 0 Å². The lowest BCUT2D eigenvalue weighted by molar-refractivity contribution is -0.137. The molecule has 0 amide bonds. The predicted molar refractivity (Wildman–Crippen MR) is 103 cm³/mol. The van der Waals surface area contributed by atoms with E-state index in [0.717, 1.165) is 22.8 Å². The van der Waals surface area contributed by atoms with E-state index in [1.807, 2.05) is 13.8 Å². The summed E-state index contributed by atoms with van der Waals surface area (Å²) in [7, 11) is 0. The van der Waals surface area contributed by atoms with Crippen LogP contribution in [0.25, 0.3) is 11.3 Å². The number of aromatic nitrogens is 1. The normalized spacial score (nSPS) is 12.7. The Balaban J connectivity index is 1.98. The van der Waals surface area contributed by atoms with Crippen LogP contribution in [0.2, 0.25) is 0 Å². The Labute approximate surface area is 161 Å². The van der Waals surface area contributed by atoms with Crippen molar-refractivity contribution in [2.24, 2.45) is 0 Å². The molecule has 0 aliphatic carbocycles. The fraction of sp³-hybridized carbons (Fsp3) is 0.227. The lowest BCUT2D eigenvalue weighted by Crippen LogP contribution is -2.11. The van der Waals surface area contributed by atoms with Crippen LogP contribution in [-0.4, -0.2) is 4.98 Å². The van der Waals surface area contributed by atoms with Crippen molar-refractivity contribution < 1.29 is 17.6 Å². The van der Waals surface area contributed by atoms with E-state index in [-0.39, 0.29) is 23.1 Å². The minimum absolute atomic E-state index is 0.0244. The lowest BCUT2D eigenvalue weighted by atomic mass is 10.0. The van der Waals surface area contributed by atoms with Gasteiger partial charge in [-0.1, -0.05) is 24.3 Å². The van der Waals surface area contributed by atoms with Gasteiger partial charge in [-0.05, 0) is 67.8 Å². The van der Waals surface area contributed by atoms with Crippen molar-refractivity contribution in [2.45, 2.75) is 33.0 Å². The summed E-state index contributed by atoms with van der Waals surface area (Å²) in [6, 6.07) is 13.0. The molecule has 0 spiro atoms. The molecule has 2 nitrogen and oxygen atoms in total. The minimum atomic E-state index is -4.47. The molecule has 28 heavy (non-hydrogen) atoms. The molecule has 0 aliphatic heterocycles. The number of halogens is 4. The molecule has 1 atom stereocenters. The molecule has 0 saturated carbocycles. The number of alkyl halides is 3. The molecule has 0 fully saturated rings. The quantitative estimate of drug-likeness (QED) is 0.503. The highest BCUT2D eigenvalue weighted by Gasteiger charge is 2.33. The number of anilines is 1. The number of hydrogen-bond acceptors (Lipinski definition) is 2. The van der Waals surface area contributed by atoms with E-state index in [0.29, 0.717) is 5.82 Å². The van der Waals surface area contributed by atoms with Crippen molar-refractivity contribution in [2.75, 3.05) is 5.32 Å². The average molecular weight is 388 g/mol. The van der Waals surface area contributed by atoms with E-state index >= 15 is 0 Å². The van der Waals surface area contributed by atoms with Crippen molar-refractivity contribution in [1.82, 2.24) is 4.98 Å². The highest BCUT2D eigenvalue weighted by atomic mass is 19.4. The summed E-state index contributed by atoms with van der Waals surface area (Å²) in [5.41, 5.74) is 1.98. The van der Waals surface area contributed by atoms with Crippen LogP contribution in [0.15, 0.2) is 54.6 Å². The fourth-order valence-electron chi connectivity index (χ4n) is 3.21. The van der Waals surface area contributed by atoms with E-state index in [1.165, 1.54) is 24.3 Å². The Morgan fingerprint density at radius 3 is 2.39 bits per heavy atom. The van der Waals surface area contributed by atoms with Gasteiger partial charge in [-0.2, -0.15) is 13.2 Å². The maximum absolute atomic E-state index is 13.6. The van der Waals surface area contributed by atoms with E-state index in [1.54, 1.807) is 31.2 Å². The standard InChI is InChI=1S/C22H20F4N2/c1-13-10-20(17-6-4-5-7-19(17)22(24,25)26)28-21(11-13)27-15(3)18-12-16(23)9-8-14(18)2/h4-12,15H,1-3H3,(H,27,28). The number of nitrogens with one attached hydrogen (secondary N) is 1. The minimum Gasteiger partial charge on any atom is -0.364 e. The monoisotopic (exact) mass is 388 g/mol. The zero-order valence-electron chi connectivity index (χ0n) is 15.7. The van der Waals surface area contributed by atoms with Gasteiger partial charge in [0.05, 0.1) is 17.3 Å². The van der Waals surface area contributed by atoms with Gasteiger partial charge in [0.1, 0.15) is 11.6 Å². The average Bonchev–Trinajstić information content (AvgIpc) is 2.62. The van der Waals surface area contributed by atoms with Gasteiger partial charge < -0.3 is 5.32 Å². The van der Waals surface area contributed by atoms with E-state index in [4.69, 9.17) is 0 Å². The predicted octanol–water partition coefficient (Wildman–Crippen LogP) is 6.70. The van der Waals surface area contributed by atoms with Crippen molar-refractivity contribution in [1.29, 1.82) is 0 Å². The largest absolute Gasteiger partial charge is 0.417 e. The first-order valence-corrected chi connectivity index (χ1v) is 8.83. The van der Waals surface area contributed by atoms with E-state index < -0.39 is 11.7 Å². The summed E-state index contributed by atoms with van der Waals surface area (Å²) in [4.78, 5) is 4.39. The number of rotatable bonds is 4. The third-order valence-electron chi connectivity index (χ3n) is 4.55. The first kappa shape index (κ1) is 19.9. The second kappa shape index (κ2) is 7.62. The number of nitrogens with zero attached hydrogens (tertiary/aromatic N) is 1. The molecular formula is C22H20F4N2. The molecule has 1 N–H and O–H groups in total. The van der Waals surface area contributed by atoms with Crippen LogP contribution in [-0.2, 0) is 6.18 Å². The molecular weight excluding hydrogens is 368 g/mol. The summed E-state index contributed by atoms with van der Waals surface area (Å²) in [6.07, 6.45) is -4.47. The van der Waals surface area contributed by atoms with Crippen molar-refractivity contribution in [3.8, 4) is 11.3 Å². The number of aryl methyl sites for hydroxylation is 2. The molecule has 6 heteroatoms. The zero-order chi connectivity index (χ0) is 20.5. The molecule has 146 valence electrons. The van der Waals surface area contributed by atoms with Crippen molar-refractivity contribution >= 4 is 5.82 Å². The fourth-order valence-corrected chi connectivity index (χ4v) is 3.21. The summed E-state index contributed by atoms with van der Waals surface area (Å²) >= 11 is 0. The molecule has 1 unspecified atom stereocenters. The second-order valence-electron chi connectivity index (χ2n) is 6.83. The van der Waals surface area contributed by atoms with Crippen LogP contribution in [0.3, 0.4) is 0 Å². The van der Waals surface area contributed by atoms with Gasteiger partial charge in [-0.3, -0.25) is 0 Å². The molecule has 0 saturated heterocycles. The van der Waals surface area contributed by atoms with Crippen LogP contribution in [0.5, 0.6) is 0 Å². The SMILES string of the molecule is Cc1cc(NC(C)c2cc(F)ccc2C)nc(-c2ccccc2C(F)(F)F)c1. The van der Waals surface area contributed by atoms with Gasteiger partial charge >= 0.3 is 6.18 Å². The lowest BCUT2D eigenvalue weighted by Gasteiger charge is -2.19. The van der Waals surface area contributed by atoms with Gasteiger partial charge in [-0.15, -0.1) is 0 Å². The topological polar surface area (TPSA) is 24.9 Å². The summed E-state index contributed by atoms with van der Waals surface area (Å²) in [5, 5.41) is 3.18. The van der Waals surface area contributed by atoms with Gasteiger partial charge in [0, 0.05) is 5.56 Å². The first-order valence-electron chi connectivity index (χ1n) is 8.83. The molecule has 3 aromatic rings. The Kier molecular flexibility index (Phi) is 5.40. The third kappa shape index (κ3) is 4.32. The number of benzene rings is 2. The van der Waals surface area contributed by atoms with Crippen LogP contribution >= 0.6 is 0 Å². The van der Waals surface area contributed by atoms with Crippen LogP contribution in [0.4, 0.5) is 23.4 Å². The molecule has 0 bridgehead atoms. The summed E-state index contributed by atoms with van der Waals surface area (Å²) in [5.74, 6) is 0.0920. The van der Waals surface area contributed by atoms with Gasteiger partial charge in [-0.25, -0.2) is 9.37 Å². The van der Waals surface area contributed by atoms with Gasteiger partial charge in [0.15, 0.2) is 0 Å². The van der Waals surface area contributed by atoms with Crippen LogP contribution in [0.1, 0.15) is 35.2 Å². The second-order valence-corrected chi connectivity index (χ2v) is 6.83. The molecule has 1 aromatic heterocycles. The van der Waals surface area contributed by atoms with Crippen molar-refractivity contribution in [3.63, 3.8) is 0 Å².